The fourth-order valence-corrected chi connectivity index (χ4v) is 1.84. The van der Waals surface area contributed by atoms with E-state index in [4.69, 9.17) is 9.47 Å². The van der Waals surface area contributed by atoms with E-state index in [1.165, 1.54) is 13.2 Å². The summed E-state index contributed by atoms with van der Waals surface area (Å²) in [4.78, 5) is 22.6. The van der Waals surface area contributed by atoms with Crippen molar-refractivity contribution in [2.24, 2.45) is 0 Å². The Balaban J connectivity index is 2.49. The molecule has 0 atom stereocenters. The van der Waals surface area contributed by atoms with Gasteiger partial charge in [0.05, 0.1) is 20.8 Å². The van der Waals surface area contributed by atoms with Crippen molar-refractivity contribution in [1.82, 2.24) is 5.32 Å². The molecule has 23 heavy (non-hydrogen) atoms. The molecule has 1 N–H and O–H groups in total. The molecule has 0 saturated heterocycles. The molecule has 0 fully saturated rings. The Morgan fingerprint density at radius 2 is 2.00 bits per heavy atom. The van der Waals surface area contributed by atoms with Crippen LogP contribution in [0.4, 0.5) is 0 Å². The molecule has 0 aromatic heterocycles. The zero-order valence-electron chi connectivity index (χ0n) is 13.8. The van der Waals surface area contributed by atoms with E-state index in [0.717, 1.165) is 5.56 Å². The van der Waals surface area contributed by atoms with Crippen molar-refractivity contribution in [1.29, 1.82) is 0 Å². The zero-order chi connectivity index (χ0) is 17.1. The fraction of sp³-hybridized carbons (Fsp3) is 0.412. The number of ether oxygens (including phenoxy) is 3. The standard InChI is InChI=1S/C17H23NO5/c1-4-23-14-9-7-13(12-15(14)21-2)8-10-16(19)18-11-5-6-17(20)22-3/h7-10,12H,4-6,11H2,1-3H3,(H,18,19)/b10-8+. The molecule has 0 spiro atoms. The van der Waals surface area contributed by atoms with Crippen LogP contribution in [0.25, 0.3) is 6.08 Å². The van der Waals surface area contributed by atoms with Crippen molar-refractivity contribution in [3.63, 3.8) is 0 Å². The number of carbonyl (C=O) groups excluding carboxylic acids is 2. The molecule has 0 saturated carbocycles. The number of methoxy groups -OCH3 is 2. The lowest BCUT2D eigenvalue weighted by Gasteiger charge is -2.09. The van der Waals surface area contributed by atoms with E-state index < -0.39 is 0 Å². The van der Waals surface area contributed by atoms with Crippen LogP contribution in [-0.4, -0.2) is 39.2 Å². The second kappa shape index (κ2) is 10.3. The first-order valence-corrected chi connectivity index (χ1v) is 7.44. The molecule has 0 aliphatic rings. The second-order valence-electron chi connectivity index (χ2n) is 4.65. The summed E-state index contributed by atoms with van der Waals surface area (Å²) in [5.74, 6) is 0.783. The van der Waals surface area contributed by atoms with Crippen LogP contribution >= 0.6 is 0 Å². The molecule has 126 valence electrons. The van der Waals surface area contributed by atoms with Gasteiger partial charge in [-0.15, -0.1) is 0 Å². The largest absolute Gasteiger partial charge is 0.493 e. The lowest BCUT2D eigenvalue weighted by molar-refractivity contribution is -0.140. The molecular formula is C17H23NO5. The summed E-state index contributed by atoms with van der Waals surface area (Å²) in [7, 11) is 2.91. The smallest absolute Gasteiger partial charge is 0.305 e. The highest BCUT2D eigenvalue weighted by molar-refractivity contribution is 5.91. The minimum Gasteiger partial charge on any atom is -0.493 e. The van der Waals surface area contributed by atoms with Gasteiger partial charge >= 0.3 is 5.97 Å². The van der Waals surface area contributed by atoms with Gasteiger partial charge < -0.3 is 19.5 Å². The van der Waals surface area contributed by atoms with Crippen LogP contribution in [0.2, 0.25) is 0 Å². The fourth-order valence-electron chi connectivity index (χ4n) is 1.84. The van der Waals surface area contributed by atoms with Crippen LogP contribution in [0.5, 0.6) is 11.5 Å². The predicted octanol–water partition coefficient (Wildman–Crippen LogP) is 2.18. The Bertz CT molecular complexity index is 554. The number of carbonyl (C=O) groups is 2. The molecule has 1 aromatic carbocycles. The van der Waals surface area contributed by atoms with E-state index in [2.05, 4.69) is 10.1 Å². The van der Waals surface area contributed by atoms with Crippen LogP contribution in [0.3, 0.4) is 0 Å². The molecule has 0 aliphatic heterocycles. The van der Waals surface area contributed by atoms with Gasteiger partial charge in [0, 0.05) is 19.0 Å². The summed E-state index contributed by atoms with van der Waals surface area (Å²) in [6.45, 7) is 2.88. The van der Waals surface area contributed by atoms with Gasteiger partial charge in [-0.05, 0) is 37.1 Å². The highest BCUT2D eigenvalue weighted by Gasteiger charge is 2.04. The quantitative estimate of drug-likeness (QED) is 0.429. The lowest BCUT2D eigenvalue weighted by atomic mass is 10.2. The van der Waals surface area contributed by atoms with E-state index in [0.29, 0.717) is 31.1 Å². The summed E-state index contributed by atoms with van der Waals surface area (Å²) < 4.78 is 15.2. The normalized spacial score (nSPS) is 10.4. The minimum atomic E-state index is -0.281. The van der Waals surface area contributed by atoms with Crippen molar-refractivity contribution < 1.29 is 23.8 Å². The topological polar surface area (TPSA) is 73.9 Å². The number of hydrogen-bond acceptors (Lipinski definition) is 5. The summed E-state index contributed by atoms with van der Waals surface area (Å²) in [5, 5.41) is 2.70. The van der Waals surface area contributed by atoms with Crippen molar-refractivity contribution in [3.8, 4) is 11.5 Å². The SMILES string of the molecule is CCOc1ccc(/C=C/C(=O)NCCCC(=O)OC)cc1OC. The van der Waals surface area contributed by atoms with E-state index >= 15 is 0 Å². The Kier molecular flexibility index (Phi) is 8.28. The Hall–Kier alpha value is -2.50. The van der Waals surface area contributed by atoms with Gasteiger partial charge in [0.2, 0.25) is 5.91 Å². The molecule has 0 aliphatic carbocycles. The Morgan fingerprint density at radius 3 is 2.65 bits per heavy atom. The summed E-state index contributed by atoms with van der Waals surface area (Å²) >= 11 is 0. The van der Waals surface area contributed by atoms with Gasteiger partial charge in [-0.1, -0.05) is 6.07 Å². The van der Waals surface area contributed by atoms with E-state index in [-0.39, 0.29) is 18.3 Å². The van der Waals surface area contributed by atoms with Crippen molar-refractivity contribution in [2.45, 2.75) is 19.8 Å². The molecule has 1 aromatic rings. The zero-order valence-corrected chi connectivity index (χ0v) is 13.8. The third-order valence-electron chi connectivity index (χ3n) is 3.00. The van der Waals surface area contributed by atoms with E-state index in [9.17, 15) is 9.59 Å². The lowest BCUT2D eigenvalue weighted by Crippen LogP contribution is -2.22. The minimum absolute atomic E-state index is 0.220. The predicted molar refractivity (Wildman–Crippen MR) is 87.5 cm³/mol. The first kappa shape index (κ1) is 18.5. The molecule has 0 radical (unpaired) electrons. The highest BCUT2D eigenvalue weighted by Crippen LogP contribution is 2.28. The maximum atomic E-state index is 11.7. The summed E-state index contributed by atoms with van der Waals surface area (Å²) in [6, 6.07) is 5.44. The first-order valence-electron chi connectivity index (χ1n) is 7.44. The Labute approximate surface area is 136 Å². The molecule has 1 amide bonds. The number of nitrogens with one attached hydrogen (secondary N) is 1. The third-order valence-corrected chi connectivity index (χ3v) is 3.00. The molecular weight excluding hydrogens is 298 g/mol. The van der Waals surface area contributed by atoms with Crippen LogP contribution in [0.1, 0.15) is 25.3 Å². The molecule has 0 unspecified atom stereocenters. The van der Waals surface area contributed by atoms with Gasteiger partial charge in [-0.25, -0.2) is 0 Å². The average Bonchev–Trinajstić information content (AvgIpc) is 2.57. The van der Waals surface area contributed by atoms with E-state index in [1.54, 1.807) is 25.3 Å². The molecule has 6 heteroatoms. The summed E-state index contributed by atoms with van der Waals surface area (Å²) in [5.41, 5.74) is 0.829. The third kappa shape index (κ3) is 6.86. The number of esters is 1. The first-order chi connectivity index (χ1) is 11.1. The Morgan fingerprint density at radius 1 is 1.22 bits per heavy atom. The van der Waals surface area contributed by atoms with Crippen molar-refractivity contribution in [3.05, 3.63) is 29.8 Å². The van der Waals surface area contributed by atoms with Gasteiger partial charge in [-0.2, -0.15) is 0 Å². The second-order valence-corrected chi connectivity index (χ2v) is 4.65. The van der Waals surface area contributed by atoms with Gasteiger partial charge in [-0.3, -0.25) is 9.59 Å². The van der Waals surface area contributed by atoms with Crippen molar-refractivity contribution >= 4 is 18.0 Å². The van der Waals surface area contributed by atoms with Gasteiger partial charge in [0.25, 0.3) is 0 Å². The maximum absolute atomic E-state index is 11.7. The number of rotatable bonds is 9. The number of hydrogen-bond donors (Lipinski definition) is 1. The highest BCUT2D eigenvalue weighted by atomic mass is 16.5. The van der Waals surface area contributed by atoms with Crippen LogP contribution in [0, 0.1) is 0 Å². The monoisotopic (exact) mass is 321 g/mol. The molecule has 1 rings (SSSR count). The van der Waals surface area contributed by atoms with Crippen LogP contribution < -0.4 is 14.8 Å². The van der Waals surface area contributed by atoms with Crippen LogP contribution in [-0.2, 0) is 14.3 Å². The van der Waals surface area contributed by atoms with Gasteiger partial charge in [0.15, 0.2) is 11.5 Å². The maximum Gasteiger partial charge on any atom is 0.305 e. The van der Waals surface area contributed by atoms with Crippen molar-refractivity contribution in [2.75, 3.05) is 27.4 Å². The van der Waals surface area contributed by atoms with Gasteiger partial charge in [0.1, 0.15) is 0 Å². The average molecular weight is 321 g/mol. The molecule has 0 heterocycles. The van der Waals surface area contributed by atoms with E-state index in [1.807, 2.05) is 13.0 Å². The number of amides is 1. The molecule has 6 nitrogen and oxygen atoms in total. The molecule has 0 bridgehead atoms. The number of benzene rings is 1. The summed E-state index contributed by atoms with van der Waals surface area (Å²) in [6.07, 6.45) is 3.96. The van der Waals surface area contributed by atoms with Crippen LogP contribution in [0.15, 0.2) is 24.3 Å².